The molecule has 1 N–H and O–H groups in total. The summed E-state index contributed by atoms with van der Waals surface area (Å²) < 4.78 is 5.68. The molecule has 2 unspecified atom stereocenters. The predicted molar refractivity (Wildman–Crippen MR) is 97.2 cm³/mol. The van der Waals surface area contributed by atoms with Crippen molar-refractivity contribution in [2.24, 2.45) is 0 Å². The molecule has 25 heavy (non-hydrogen) atoms. The van der Waals surface area contributed by atoms with Gasteiger partial charge in [-0.05, 0) is 32.0 Å². The highest BCUT2D eigenvalue weighted by Gasteiger charge is 2.23. The van der Waals surface area contributed by atoms with E-state index in [2.05, 4.69) is 16.1 Å². The van der Waals surface area contributed by atoms with Crippen LogP contribution in [0.15, 0.2) is 24.3 Å². The Hall–Kier alpha value is -2.36. The summed E-state index contributed by atoms with van der Waals surface area (Å²) in [5.41, 5.74) is 1.25. The minimum absolute atomic E-state index is 0.177. The van der Waals surface area contributed by atoms with Gasteiger partial charge in [0, 0.05) is 44.5 Å². The van der Waals surface area contributed by atoms with Crippen molar-refractivity contribution in [1.29, 1.82) is 0 Å². The molecule has 2 atom stereocenters. The molecular weight excluding hydrogens is 318 g/mol. The van der Waals surface area contributed by atoms with Crippen LogP contribution < -0.4 is 10.2 Å². The topological polar surface area (TPSA) is 61.9 Å². The molecule has 0 bridgehead atoms. The van der Waals surface area contributed by atoms with Crippen molar-refractivity contribution in [3.05, 3.63) is 29.8 Å². The van der Waals surface area contributed by atoms with E-state index in [1.165, 1.54) is 4.90 Å². The molecule has 1 saturated heterocycles. The highest BCUT2D eigenvalue weighted by atomic mass is 16.5. The smallest absolute Gasteiger partial charge is 0.316 e. The Kier molecular flexibility index (Phi) is 6.57. The lowest BCUT2D eigenvalue weighted by Crippen LogP contribution is -2.49. The molecule has 0 radical (unpaired) electrons. The summed E-state index contributed by atoms with van der Waals surface area (Å²) in [5.74, 6) is 1.28. The van der Waals surface area contributed by atoms with Crippen molar-refractivity contribution in [3.8, 4) is 12.3 Å². The molecule has 6 heteroatoms. The number of nitrogens with zero attached hydrogens (tertiary/aromatic N) is 2. The van der Waals surface area contributed by atoms with Crippen molar-refractivity contribution >= 4 is 17.5 Å². The first kappa shape index (κ1) is 19.0. The summed E-state index contributed by atoms with van der Waals surface area (Å²) in [6.07, 6.45) is 5.72. The van der Waals surface area contributed by atoms with Gasteiger partial charge in [0.05, 0.1) is 12.2 Å². The van der Waals surface area contributed by atoms with Crippen molar-refractivity contribution < 1.29 is 14.3 Å². The van der Waals surface area contributed by atoms with Crippen LogP contribution >= 0.6 is 0 Å². The van der Waals surface area contributed by atoms with Gasteiger partial charge in [0.1, 0.15) is 0 Å². The third-order valence-electron chi connectivity index (χ3n) is 4.11. The zero-order valence-corrected chi connectivity index (χ0v) is 15.0. The molecule has 134 valence electrons. The van der Waals surface area contributed by atoms with Gasteiger partial charge < -0.3 is 15.0 Å². The Morgan fingerprint density at radius 3 is 2.68 bits per heavy atom. The second-order valence-electron chi connectivity index (χ2n) is 6.33. The highest BCUT2D eigenvalue weighted by molar-refractivity contribution is 6.40. The van der Waals surface area contributed by atoms with Crippen LogP contribution in [-0.2, 0) is 14.3 Å². The number of carbonyl (C=O) groups excluding carboxylic acids is 2. The second-order valence-corrected chi connectivity index (χ2v) is 6.33. The van der Waals surface area contributed by atoms with Gasteiger partial charge in [-0.25, -0.2) is 0 Å². The van der Waals surface area contributed by atoms with Crippen LogP contribution in [0.2, 0.25) is 0 Å². The van der Waals surface area contributed by atoms with Crippen LogP contribution in [0, 0.1) is 12.3 Å². The number of hydrogen-bond donors (Lipinski definition) is 1. The summed E-state index contributed by atoms with van der Waals surface area (Å²) in [6, 6.07) is 6.96. The fraction of sp³-hybridized carbons (Fsp3) is 0.474. The van der Waals surface area contributed by atoms with Crippen LogP contribution in [0.25, 0.3) is 0 Å². The minimum Gasteiger partial charge on any atom is -0.373 e. The quantitative estimate of drug-likeness (QED) is 0.651. The average molecular weight is 343 g/mol. The van der Waals surface area contributed by atoms with Crippen molar-refractivity contribution in [2.45, 2.75) is 26.1 Å². The van der Waals surface area contributed by atoms with E-state index in [1.54, 1.807) is 31.3 Å². The molecule has 6 nitrogen and oxygen atoms in total. The average Bonchev–Trinajstić information content (AvgIpc) is 2.59. The number of likely N-dealkylation sites (N-methyl/N-ethyl adjacent to an activating group) is 1. The van der Waals surface area contributed by atoms with Gasteiger partial charge in [0.25, 0.3) is 0 Å². The van der Waals surface area contributed by atoms with E-state index in [1.807, 2.05) is 13.8 Å². The Morgan fingerprint density at radius 2 is 2.04 bits per heavy atom. The van der Waals surface area contributed by atoms with E-state index >= 15 is 0 Å². The lowest BCUT2D eigenvalue weighted by Gasteiger charge is -2.35. The monoisotopic (exact) mass is 343 g/mol. The van der Waals surface area contributed by atoms with Crippen LogP contribution in [-0.4, -0.2) is 62.1 Å². The number of nitrogens with one attached hydrogen (secondary N) is 1. The molecule has 1 aliphatic rings. The lowest BCUT2D eigenvalue weighted by atomic mass is 10.2. The van der Waals surface area contributed by atoms with Gasteiger partial charge in [0.15, 0.2) is 0 Å². The zero-order chi connectivity index (χ0) is 18.4. The van der Waals surface area contributed by atoms with E-state index in [0.717, 1.165) is 13.1 Å². The second kappa shape index (κ2) is 8.65. The fourth-order valence-electron chi connectivity index (χ4n) is 2.94. The van der Waals surface area contributed by atoms with Crippen molar-refractivity contribution in [1.82, 2.24) is 10.2 Å². The maximum absolute atomic E-state index is 12.3. The van der Waals surface area contributed by atoms with Gasteiger partial charge in [-0.2, -0.15) is 0 Å². The largest absolute Gasteiger partial charge is 0.373 e. The fourth-order valence-corrected chi connectivity index (χ4v) is 2.94. The Labute approximate surface area is 149 Å². The number of rotatable bonds is 4. The normalized spacial score (nSPS) is 20.6. The highest BCUT2D eigenvalue weighted by Crippen LogP contribution is 2.14. The number of terminal acetylenes is 1. The number of carbonyl (C=O) groups is 2. The molecule has 2 rings (SSSR count). The number of benzene rings is 1. The lowest BCUT2D eigenvalue weighted by molar-refractivity contribution is -0.137. The van der Waals surface area contributed by atoms with Gasteiger partial charge in [-0.1, -0.05) is 12.0 Å². The third-order valence-corrected chi connectivity index (χ3v) is 4.11. The first-order chi connectivity index (χ1) is 11.9. The summed E-state index contributed by atoms with van der Waals surface area (Å²) >= 11 is 0. The Bertz CT molecular complexity index is 658. The van der Waals surface area contributed by atoms with Gasteiger partial charge in [-0.15, -0.1) is 6.42 Å². The van der Waals surface area contributed by atoms with Crippen LogP contribution in [0.1, 0.15) is 19.4 Å². The molecule has 0 spiro atoms. The number of ether oxygens (including phenoxy) is 1. The Morgan fingerprint density at radius 1 is 1.36 bits per heavy atom. The molecule has 1 aromatic rings. The van der Waals surface area contributed by atoms with E-state index in [-0.39, 0.29) is 12.2 Å². The molecule has 1 fully saturated rings. The summed E-state index contributed by atoms with van der Waals surface area (Å²) in [6.45, 7) is 6.82. The summed E-state index contributed by atoms with van der Waals surface area (Å²) in [5, 5.41) is 2.69. The maximum Gasteiger partial charge on any atom is 0.316 e. The van der Waals surface area contributed by atoms with Gasteiger partial charge in [-0.3, -0.25) is 14.5 Å². The summed E-state index contributed by atoms with van der Waals surface area (Å²) in [7, 11) is 1.56. The van der Waals surface area contributed by atoms with Gasteiger partial charge >= 0.3 is 11.8 Å². The SMILES string of the molecule is C#Cc1cccc(N(C)C(=O)C(=O)NCCN2CC(C)OC(C)C2)c1. The number of amides is 2. The first-order valence-corrected chi connectivity index (χ1v) is 8.41. The van der Waals surface area contributed by atoms with E-state index < -0.39 is 11.8 Å². The van der Waals surface area contributed by atoms with Crippen LogP contribution in [0.4, 0.5) is 5.69 Å². The molecule has 0 saturated carbocycles. The maximum atomic E-state index is 12.3. The minimum atomic E-state index is -0.622. The zero-order valence-electron chi connectivity index (χ0n) is 15.0. The first-order valence-electron chi connectivity index (χ1n) is 8.41. The standard InChI is InChI=1S/C19H25N3O3/c1-5-16-7-6-8-17(11-16)21(4)19(24)18(23)20-9-10-22-12-14(2)25-15(3)13-22/h1,6-8,11,14-15H,9-10,12-13H2,2-4H3,(H,20,23). The third kappa shape index (κ3) is 5.31. The Balaban J connectivity index is 1.83. The molecular formula is C19H25N3O3. The molecule has 0 aliphatic carbocycles. The van der Waals surface area contributed by atoms with Crippen LogP contribution in [0.5, 0.6) is 0 Å². The molecule has 1 heterocycles. The predicted octanol–water partition coefficient (Wildman–Crippen LogP) is 0.856. The van der Waals surface area contributed by atoms with Crippen molar-refractivity contribution in [3.63, 3.8) is 0 Å². The van der Waals surface area contributed by atoms with Gasteiger partial charge in [0.2, 0.25) is 0 Å². The van der Waals surface area contributed by atoms with Crippen LogP contribution in [0.3, 0.4) is 0 Å². The molecule has 1 aliphatic heterocycles. The van der Waals surface area contributed by atoms with E-state index in [0.29, 0.717) is 24.3 Å². The molecule has 0 aromatic heterocycles. The molecule has 1 aromatic carbocycles. The van der Waals surface area contributed by atoms with E-state index in [4.69, 9.17) is 11.2 Å². The van der Waals surface area contributed by atoms with Crippen molar-refractivity contribution in [2.75, 3.05) is 38.1 Å². The summed E-state index contributed by atoms with van der Waals surface area (Å²) in [4.78, 5) is 27.9. The number of morpholine rings is 1. The molecule has 2 amide bonds. The number of anilines is 1. The number of hydrogen-bond acceptors (Lipinski definition) is 4. The van der Waals surface area contributed by atoms with E-state index in [9.17, 15) is 9.59 Å².